The summed E-state index contributed by atoms with van der Waals surface area (Å²) in [4.78, 5) is 24.1. The Balaban J connectivity index is 2.19. The van der Waals surface area contributed by atoms with Crippen molar-refractivity contribution in [1.29, 1.82) is 0 Å². The summed E-state index contributed by atoms with van der Waals surface area (Å²) in [5.41, 5.74) is 1.00. The second-order valence-corrected chi connectivity index (χ2v) is 3.82. The molecule has 88 valence electrons. The second kappa shape index (κ2) is 4.29. The van der Waals surface area contributed by atoms with Crippen LogP contribution in [0.5, 0.6) is 0 Å². The Morgan fingerprint density at radius 1 is 1.18 bits per heavy atom. The fourth-order valence-electron chi connectivity index (χ4n) is 1.73. The van der Waals surface area contributed by atoms with Gasteiger partial charge in [0.1, 0.15) is 0 Å². The summed E-state index contributed by atoms with van der Waals surface area (Å²) in [6.45, 7) is 0.445. The van der Waals surface area contributed by atoms with Crippen molar-refractivity contribution in [2.75, 3.05) is 7.05 Å². The van der Waals surface area contributed by atoms with Crippen molar-refractivity contribution in [2.45, 2.75) is 6.54 Å². The summed E-state index contributed by atoms with van der Waals surface area (Å²) in [5, 5.41) is 11.5. The molecule has 0 radical (unpaired) electrons. The Morgan fingerprint density at radius 2 is 1.82 bits per heavy atom. The minimum Gasteiger partial charge on any atom is -0.501 e. The van der Waals surface area contributed by atoms with Gasteiger partial charge in [0.25, 0.3) is 11.8 Å². The molecule has 1 aromatic rings. The summed E-state index contributed by atoms with van der Waals surface area (Å²) < 4.78 is 0. The smallest absolute Gasteiger partial charge is 0.295 e. The minimum absolute atomic E-state index is 0.0128. The molecule has 0 bridgehead atoms. The van der Waals surface area contributed by atoms with E-state index in [1.165, 1.54) is 0 Å². The van der Waals surface area contributed by atoms with Gasteiger partial charge in [-0.15, -0.1) is 0 Å². The SMILES string of the molecule is CN(Cc1ccccc1)C1=C(O)C(=O)NC1=O. The molecule has 5 heteroatoms. The van der Waals surface area contributed by atoms with Crippen LogP contribution in [0.25, 0.3) is 0 Å². The topological polar surface area (TPSA) is 69.6 Å². The summed E-state index contributed by atoms with van der Waals surface area (Å²) in [6, 6.07) is 9.48. The first-order valence-corrected chi connectivity index (χ1v) is 5.13. The summed E-state index contributed by atoms with van der Waals surface area (Å²) in [5.74, 6) is -1.83. The van der Waals surface area contributed by atoms with E-state index in [0.717, 1.165) is 5.56 Å². The van der Waals surface area contributed by atoms with E-state index in [9.17, 15) is 14.7 Å². The Kier molecular flexibility index (Phi) is 2.82. The molecule has 0 saturated carbocycles. The molecule has 0 aliphatic carbocycles. The van der Waals surface area contributed by atoms with E-state index in [0.29, 0.717) is 6.54 Å². The lowest BCUT2D eigenvalue weighted by molar-refractivity contribution is -0.125. The lowest BCUT2D eigenvalue weighted by atomic mass is 10.2. The lowest BCUT2D eigenvalue weighted by Crippen LogP contribution is -2.28. The van der Waals surface area contributed by atoms with Gasteiger partial charge in [-0.3, -0.25) is 14.9 Å². The zero-order valence-corrected chi connectivity index (χ0v) is 9.30. The van der Waals surface area contributed by atoms with Gasteiger partial charge in [0.05, 0.1) is 0 Å². The van der Waals surface area contributed by atoms with Crippen LogP contribution in [0.4, 0.5) is 0 Å². The van der Waals surface area contributed by atoms with Crippen molar-refractivity contribution in [3.8, 4) is 0 Å². The van der Waals surface area contributed by atoms with E-state index in [2.05, 4.69) is 0 Å². The van der Waals surface area contributed by atoms with Gasteiger partial charge in [-0.05, 0) is 5.56 Å². The van der Waals surface area contributed by atoms with Gasteiger partial charge in [0.2, 0.25) is 5.76 Å². The summed E-state index contributed by atoms with van der Waals surface area (Å²) >= 11 is 0. The van der Waals surface area contributed by atoms with Crippen LogP contribution >= 0.6 is 0 Å². The van der Waals surface area contributed by atoms with Crippen molar-refractivity contribution in [3.05, 3.63) is 47.4 Å². The molecule has 0 fully saturated rings. The van der Waals surface area contributed by atoms with Crippen LogP contribution in [-0.4, -0.2) is 28.9 Å². The minimum atomic E-state index is -0.745. The van der Waals surface area contributed by atoms with E-state index in [-0.39, 0.29) is 5.70 Å². The van der Waals surface area contributed by atoms with Crippen LogP contribution in [0.15, 0.2) is 41.8 Å². The van der Waals surface area contributed by atoms with Crippen LogP contribution in [-0.2, 0) is 16.1 Å². The largest absolute Gasteiger partial charge is 0.501 e. The Labute approximate surface area is 98.4 Å². The van der Waals surface area contributed by atoms with E-state index >= 15 is 0 Å². The van der Waals surface area contributed by atoms with Crippen LogP contribution in [0.1, 0.15) is 5.56 Å². The van der Waals surface area contributed by atoms with E-state index in [4.69, 9.17) is 0 Å². The van der Waals surface area contributed by atoms with Crippen molar-refractivity contribution in [2.24, 2.45) is 0 Å². The molecule has 1 aliphatic rings. The average Bonchev–Trinajstić information content (AvgIpc) is 2.54. The predicted molar refractivity (Wildman–Crippen MR) is 60.7 cm³/mol. The van der Waals surface area contributed by atoms with E-state index in [1.54, 1.807) is 11.9 Å². The van der Waals surface area contributed by atoms with Gasteiger partial charge in [-0.25, -0.2) is 0 Å². The van der Waals surface area contributed by atoms with Gasteiger partial charge in [0, 0.05) is 13.6 Å². The fraction of sp³-hybridized carbons (Fsp3) is 0.167. The number of likely N-dealkylation sites (N-methyl/N-ethyl adjacent to an activating group) is 1. The highest BCUT2D eigenvalue weighted by atomic mass is 16.3. The molecule has 17 heavy (non-hydrogen) atoms. The number of hydrogen-bond acceptors (Lipinski definition) is 4. The predicted octanol–water partition coefficient (Wildman–Crippen LogP) is 0.544. The van der Waals surface area contributed by atoms with Crippen molar-refractivity contribution >= 4 is 11.8 Å². The van der Waals surface area contributed by atoms with Crippen molar-refractivity contribution < 1.29 is 14.7 Å². The van der Waals surface area contributed by atoms with Crippen molar-refractivity contribution in [1.82, 2.24) is 10.2 Å². The molecule has 2 rings (SSSR count). The third kappa shape index (κ3) is 2.13. The maximum atomic E-state index is 11.4. The molecule has 0 aromatic heterocycles. The van der Waals surface area contributed by atoms with E-state index in [1.807, 2.05) is 35.6 Å². The number of nitrogens with one attached hydrogen (secondary N) is 1. The molecular weight excluding hydrogens is 220 g/mol. The Hall–Kier alpha value is -2.30. The lowest BCUT2D eigenvalue weighted by Gasteiger charge is -2.18. The Morgan fingerprint density at radius 3 is 2.35 bits per heavy atom. The molecule has 2 N–H and O–H groups in total. The molecule has 0 unspecified atom stereocenters. The van der Waals surface area contributed by atoms with Crippen LogP contribution in [0, 0.1) is 0 Å². The molecular formula is C12H12N2O3. The third-order valence-electron chi connectivity index (χ3n) is 2.53. The fourth-order valence-corrected chi connectivity index (χ4v) is 1.73. The highest BCUT2D eigenvalue weighted by Gasteiger charge is 2.32. The maximum Gasteiger partial charge on any atom is 0.295 e. The number of benzene rings is 1. The van der Waals surface area contributed by atoms with E-state index < -0.39 is 17.6 Å². The number of aliphatic hydroxyl groups is 1. The average molecular weight is 232 g/mol. The molecule has 0 spiro atoms. The normalized spacial score (nSPS) is 15.1. The monoisotopic (exact) mass is 232 g/mol. The number of amides is 2. The number of carbonyl (C=O) groups is 2. The number of imide groups is 1. The second-order valence-electron chi connectivity index (χ2n) is 3.82. The first-order valence-electron chi connectivity index (χ1n) is 5.13. The Bertz CT molecular complexity index is 494. The highest BCUT2D eigenvalue weighted by molar-refractivity contribution is 6.17. The molecule has 1 heterocycles. The molecule has 1 aliphatic heterocycles. The quantitative estimate of drug-likeness (QED) is 0.746. The number of nitrogens with zero attached hydrogens (tertiary/aromatic N) is 1. The summed E-state index contributed by atoms with van der Waals surface area (Å²) in [6.07, 6.45) is 0. The molecule has 0 atom stereocenters. The number of carbonyl (C=O) groups excluding carboxylic acids is 2. The third-order valence-corrected chi connectivity index (χ3v) is 2.53. The first kappa shape index (κ1) is 11.2. The molecule has 5 nitrogen and oxygen atoms in total. The molecule has 1 aromatic carbocycles. The number of hydrogen-bond donors (Lipinski definition) is 2. The van der Waals surface area contributed by atoms with Gasteiger partial charge in [-0.1, -0.05) is 30.3 Å². The van der Waals surface area contributed by atoms with Gasteiger partial charge in [0.15, 0.2) is 5.70 Å². The van der Waals surface area contributed by atoms with Crippen molar-refractivity contribution in [3.63, 3.8) is 0 Å². The van der Waals surface area contributed by atoms with Crippen LogP contribution in [0.2, 0.25) is 0 Å². The zero-order valence-electron chi connectivity index (χ0n) is 9.30. The first-order chi connectivity index (χ1) is 8.09. The van der Waals surface area contributed by atoms with Gasteiger partial charge < -0.3 is 10.0 Å². The van der Waals surface area contributed by atoms with Gasteiger partial charge in [-0.2, -0.15) is 0 Å². The highest BCUT2D eigenvalue weighted by Crippen LogP contribution is 2.16. The standard InChI is InChI=1S/C12H12N2O3/c1-14(7-8-5-3-2-4-6-8)9-10(15)12(17)13-11(9)16/h2-6H,7H2,1H3,(H2,13,15,16,17). The van der Waals surface area contributed by atoms with Gasteiger partial charge >= 0.3 is 0 Å². The van der Waals surface area contributed by atoms with Crippen LogP contribution in [0.3, 0.4) is 0 Å². The number of aliphatic hydroxyl groups excluding tert-OH is 1. The molecule has 0 saturated heterocycles. The number of rotatable bonds is 3. The zero-order chi connectivity index (χ0) is 12.4. The van der Waals surface area contributed by atoms with Crippen LogP contribution < -0.4 is 5.32 Å². The maximum absolute atomic E-state index is 11.4. The molecule has 2 amide bonds. The summed E-state index contributed by atoms with van der Waals surface area (Å²) in [7, 11) is 1.65.